The summed E-state index contributed by atoms with van der Waals surface area (Å²) in [5, 5.41) is 3.32. The molecule has 1 aromatic heterocycles. The summed E-state index contributed by atoms with van der Waals surface area (Å²) in [5.74, 6) is 0.878. The van der Waals surface area contributed by atoms with Crippen molar-refractivity contribution in [2.24, 2.45) is 5.73 Å². The minimum Gasteiger partial charge on any atom is -0.468 e. The molecule has 14 heavy (non-hydrogen) atoms. The molecule has 4 nitrogen and oxygen atoms in total. The molecule has 78 valence electrons. The molecule has 1 unspecified atom stereocenters. The van der Waals surface area contributed by atoms with Crippen molar-refractivity contribution in [3.05, 3.63) is 24.2 Å². The van der Waals surface area contributed by atoms with E-state index in [1.165, 1.54) is 0 Å². The van der Waals surface area contributed by atoms with Crippen molar-refractivity contribution in [3.8, 4) is 0 Å². The summed E-state index contributed by atoms with van der Waals surface area (Å²) in [6.07, 6.45) is 1.67. The molecule has 0 spiro atoms. The Morgan fingerprint density at radius 2 is 2.29 bits per heavy atom. The van der Waals surface area contributed by atoms with Gasteiger partial charge in [0, 0.05) is 32.7 Å². The Morgan fingerprint density at radius 3 is 2.93 bits per heavy atom. The smallest absolute Gasteiger partial charge is 0.121 e. The molecule has 1 saturated heterocycles. The van der Waals surface area contributed by atoms with Crippen molar-refractivity contribution in [1.82, 2.24) is 10.2 Å². The first kappa shape index (κ1) is 9.71. The summed E-state index contributed by atoms with van der Waals surface area (Å²) in [6, 6.07) is 3.82. The number of rotatable bonds is 3. The maximum absolute atomic E-state index is 6.01. The van der Waals surface area contributed by atoms with E-state index in [1.54, 1.807) is 6.26 Å². The van der Waals surface area contributed by atoms with Crippen LogP contribution in [0, 0.1) is 0 Å². The van der Waals surface area contributed by atoms with E-state index in [2.05, 4.69) is 10.2 Å². The molecule has 1 atom stereocenters. The average molecular weight is 195 g/mol. The number of nitrogens with one attached hydrogen (secondary N) is 1. The van der Waals surface area contributed by atoms with Crippen molar-refractivity contribution in [1.29, 1.82) is 0 Å². The Morgan fingerprint density at radius 1 is 1.50 bits per heavy atom. The van der Waals surface area contributed by atoms with E-state index < -0.39 is 0 Å². The van der Waals surface area contributed by atoms with Gasteiger partial charge in [0.1, 0.15) is 5.76 Å². The third-order valence-corrected chi connectivity index (χ3v) is 2.57. The number of piperazine rings is 1. The lowest BCUT2D eigenvalue weighted by Crippen LogP contribution is -2.45. The molecule has 2 rings (SSSR count). The molecule has 0 amide bonds. The van der Waals surface area contributed by atoms with Gasteiger partial charge in [-0.1, -0.05) is 0 Å². The zero-order valence-corrected chi connectivity index (χ0v) is 8.28. The third-order valence-electron chi connectivity index (χ3n) is 2.57. The van der Waals surface area contributed by atoms with Crippen LogP contribution in [-0.4, -0.2) is 37.6 Å². The van der Waals surface area contributed by atoms with Crippen LogP contribution in [0.1, 0.15) is 11.8 Å². The highest BCUT2D eigenvalue weighted by Gasteiger charge is 2.15. The summed E-state index contributed by atoms with van der Waals surface area (Å²) in [5.41, 5.74) is 6.01. The minimum atomic E-state index is 0.00287. The second-order valence-corrected chi connectivity index (χ2v) is 3.67. The predicted octanol–water partition coefficient (Wildman–Crippen LogP) is 0.185. The minimum absolute atomic E-state index is 0.00287. The van der Waals surface area contributed by atoms with E-state index in [1.807, 2.05) is 12.1 Å². The van der Waals surface area contributed by atoms with Crippen molar-refractivity contribution >= 4 is 0 Å². The molecule has 1 fully saturated rings. The average Bonchev–Trinajstić information content (AvgIpc) is 2.72. The van der Waals surface area contributed by atoms with Gasteiger partial charge in [-0.25, -0.2) is 0 Å². The number of nitrogens with zero attached hydrogens (tertiary/aromatic N) is 1. The predicted molar refractivity (Wildman–Crippen MR) is 54.9 cm³/mol. The number of hydrogen-bond donors (Lipinski definition) is 2. The largest absolute Gasteiger partial charge is 0.468 e. The second kappa shape index (κ2) is 4.59. The zero-order chi connectivity index (χ0) is 9.80. The Hall–Kier alpha value is -0.840. The summed E-state index contributed by atoms with van der Waals surface area (Å²) in [7, 11) is 0. The highest BCUT2D eigenvalue weighted by atomic mass is 16.3. The highest BCUT2D eigenvalue weighted by Crippen LogP contribution is 2.12. The lowest BCUT2D eigenvalue weighted by molar-refractivity contribution is 0.220. The molecule has 1 aliphatic heterocycles. The van der Waals surface area contributed by atoms with Crippen molar-refractivity contribution in [2.75, 3.05) is 32.7 Å². The molecular weight excluding hydrogens is 178 g/mol. The molecule has 0 bridgehead atoms. The lowest BCUT2D eigenvalue weighted by atomic mass is 10.2. The second-order valence-electron chi connectivity index (χ2n) is 3.67. The summed E-state index contributed by atoms with van der Waals surface area (Å²) in [6.45, 7) is 5.16. The van der Waals surface area contributed by atoms with Gasteiger partial charge in [0.2, 0.25) is 0 Å². The van der Waals surface area contributed by atoms with Crippen molar-refractivity contribution in [2.45, 2.75) is 6.04 Å². The summed E-state index contributed by atoms with van der Waals surface area (Å²) < 4.78 is 5.27. The molecule has 0 aromatic carbocycles. The fourth-order valence-corrected chi connectivity index (χ4v) is 1.76. The molecule has 4 heteroatoms. The first-order valence-electron chi connectivity index (χ1n) is 5.08. The monoisotopic (exact) mass is 195 g/mol. The normalized spacial score (nSPS) is 20.9. The first-order chi connectivity index (χ1) is 6.86. The van der Waals surface area contributed by atoms with Crippen LogP contribution < -0.4 is 11.1 Å². The van der Waals surface area contributed by atoms with Crippen LogP contribution in [0.2, 0.25) is 0 Å². The Labute approximate surface area is 84.1 Å². The van der Waals surface area contributed by atoms with E-state index in [9.17, 15) is 0 Å². The van der Waals surface area contributed by atoms with E-state index >= 15 is 0 Å². The van der Waals surface area contributed by atoms with E-state index in [0.29, 0.717) is 0 Å². The van der Waals surface area contributed by atoms with Crippen LogP contribution in [0.25, 0.3) is 0 Å². The fourth-order valence-electron chi connectivity index (χ4n) is 1.76. The van der Waals surface area contributed by atoms with Gasteiger partial charge in [-0.05, 0) is 12.1 Å². The number of nitrogens with two attached hydrogens (primary N) is 1. The molecule has 1 aliphatic rings. The van der Waals surface area contributed by atoms with E-state index in [0.717, 1.165) is 38.5 Å². The third kappa shape index (κ3) is 2.35. The van der Waals surface area contributed by atoms with Gasteiger partial charge in [0.05, 0.1) is 12.3 Å². The molecule has 0 saturated carbocycles. The molecule has 0 aliphatic carbocycles. The molecule has 1 aromatic rings. The van der Waals surface area contributed by atoms with Crippen LogP contribution in [0.3, 0.4) is 0 Å². The van der Waals surface area contributed by atoms with Crippen molar-refractivity contribution < 1.29 is 4.42 Å². The van der Waals surface area contributed by atoms with Crippen LogP contribution in [-0.2, 0) is 0 Å². The van der Waals surface area contributed by atoms with E-state index in [4.69, 9.17) is 10.2 Å². The van der Waals surface area contributed by atoms with Gasteiger partial charge in [-0.2, -0.15) is 0 Å². The van der Waals surface area contributed by atoms with Gasteiger partial charge in [-0.15, -0.1) is 0 Å². The number of furan rings is 1. The zero-order valence-electron chi connectivity index (χ0n) is 8.28. The number of hydrogen-bond acceptors (Lipinski definition) is 4. The quantitative estimate of drug-likeness (QED) is 0.722. The summed E-state index contributed by atoms with van der Waals surface area (Å²) in [4.78, 5) is 2.36. The van der Waals surface area contributed by atoms with Crippen LogP contribution in [0.5, 0.6) is 0 Å². The van der Waals surface area contributed by atoms with Crippen LogP contribution in [0.15, 0.2) is 22.8 Å². The maximum atomic E-state index is 6.01. The van der Waals surface area contributed by atoms with Gasteiger partial charge < -0.3 is 15.5 Å². The molecular formula is C10H17N3O. The lowest BCUT2D eigenvalue weighted by Gasteiger charge is -2.28. The van der Waals surface area contributed by atoms with Gasteiger partial charge >= 0.3 is 0 Å². The maximum Gasteiger partial charge on any atom is 0.121 e. The van der Waals surface area contributed by atoms with Gasteiger partial charge in [0.25, 0.3) is 0 Å². The Balaban J connectivity index is 1.84. The SMILES string of the molecule is NC(CN1CCNCC1)c1ccco1. The molecule has 3 N–H and O–H groups in total. The van der Waals surface area contributed by atoms with Crippen LogP contribution >= 0.6 is 0 Å². The van der Waals surface area contributed by atoms with Gasteiger partial charge in [-0.3, -0.25) is 4.90 Å². The Kier molecular flexibility index (Phi) is 3.18. The van der Waals surface area contributed by atoms with Crippen LogP contribution in [0.4, 0.5) is 0 Å². The fraction of sp³-hybridized carbons (Fsp3) is 0.600. The standard InChI is InChI=1S/C10H17N3O/c11-9(10-2-1-7-14-10)8-13-5-3-12-4-6-13/h1-2,7,9,12H,3-6,8,11H2. The van der Waals surface area contributed by atoms with Crippen molar-refractivity contribution in [3.63, 3.8) is 0 Å². The summed E-state index contributed by atoms with van der Waals surface area (Å²) >= 11 is 0. The van der Waals surface area contributed by atoms with E-state index in [-0.39, 0.29) is 6.04 Å². The first-order valence-corrected chi connectivity index (χ1v) is 5.08. The van der Waals surface area contributed by atoms with Gasteiger partial charge in [0.15, 0.2) is 0 Å². The highest BCUT2D eigenvalue weighted by molar-refractivity contribution is 5.04. The Bertz CT molecular complexity index is 254. The topological polar surface area (TPSA) is 54.4 Å². The molecule has 0 radical (unpaired) electrons. The molecule has 2 heterocycles.